The van der Waals surface area contributed by atoms with E-state index in [2.05, 4.69) is 35.2 Å². The number of phenolic OH excluding ortho intramolecular Hbond substituents is 1. The first-order chi connectivity index (χ1) is 10.1. The molecule has 4 nitrogen and oxygen atoms in total. The maximum atomic E-state index is 9.99. The molecule has 1 unspecified atom stereocenters. The van der Waals surface area contributed by atoms with Crippen molar-refractivity contribution in [1.82, 2.24) is 15.1 Å². The maximum Gasteiger partial charge on any atom is 0.120 e. The normalized spacial score (nSPS) is 18.8. The van der Waals surface area contributed by atoms with Crippen LogP contribution in [-0.4, -0.2) is 61.2 Å². The van der Waals surface area contributed by atoms with Crippen molar-refractivity contribution in [3.63, 3.8) is 0 Å². The highest BCUT2D eigenvalue weighted by atomic mass is 16.3. The monoisotopic (exact) mass is 291 g/mol. The number of rotatable bonds is 6. The van der Waals surface area contributed by atoms with Crippen molar-refractivity contribution in [2.75, 3.05) is 46.3 Å². The number of nitrogens with one attached hydrogen (secondary N) is 1. The highest BCUT2D eigenvalue weighted by Crippen LogP contribution is 2.24. The van der Waals surface area contributed by atoms with Crippen LogP contribution in [0.25, 0.3) is 0 Å². The first-order valence-corrected chi connectivity index (χ1v) is 8.00. The zero-order chi connectivity index (χ0) is 15.2. The van der Waals surface area contributed by atoms with Crippen molar-refractivity contribution in [3.05, 3.63) is 29.3 Å². The van der Waals surface area contributed by atoms with Crippen LogP contribution in [0.15, 0.2) is 18.2 Å². The fourth-order valence-corrected chi connectivity index (χ4v) is 2.82. The number of hydrogen-bond acceptors (Lipinski definition) is 4. The lowest BCUT2D eigenvalue weighted by molar-refractivity contribution is 0.152. The van der Waals surface area contributed by atoms with Gasteiger partial charge in [-0.3, -0.25) is 0 Å². The van der Waals surface area contributed by atoms with Gasteiger partial charge in [-0.15, -0.1) is 0 Å². The Morgan fingerprint density at radius 3 is 2.62 bits per heavy atom. The van der Waals surface area contributed by atoms with Gasteiger partial charge >= 0.3 is 0 Å². The molecule has 1 aliphatic heterocycles. The fraction of sp³-hybridized carbons (Fsp3) is 0.647. The third-order valence-electron chi connectivity index (χ3n) is 4.35. The predicted octanol–water partition coefficient (Wildman–Crippen LogP) is 1.99. The molecule has 2 rings (SSSR count). The van der Waals surface area contributed by atoms with Crippen LogP contribution in [0.5, 0.6) is 5.75 Å². The van der Waals surface area contributed by atoms with E-state index in [1.165, 1.54) is 26.2 Å². The van der Waals surface area contributed by atoms with Gasteiger partial charge in [0.25, 0.3) is 0 Å². The number of aromatic hydroxyl groups is 1. The van der Waals surface area contributed by atoms with Crippen LogP contribution in [-0.2, 0) is 0 Å². The van der Waals surface area contributed by atoms with E-state index in [4.69, 9.17) is 0 Å². The average molecular weight is 291 g/mol. The molecule has 1 heterocycles. The standard InChI is InChI=1S/C17H29N3O/c1-14-5-6-16(17(21)13-14)15(2)18-7-4-8-20-11-9-19(3)10-12-20/h5-6,13,15,18,21H,4,7-12H2,1-3H3. The van der Waals surface area contributed by atoms with E-state index in [1.807, 2.05) is 19.1 Å². The molecule has 0 aliphatic carbocycles. The molecule has 21 heavy (non-hydrogen) atoms. The summed E-state index contributed by atoms with van der Waals surface area (Å²) in [6, 6.07) is 6.09. The van der Waals surface area contributed by atoms with E-state index >= 15 is 0 Å². The van der Waals surface area contributed by atoms with Crippen LogP contribution < -0.4 is 5.32 Å². The summed E-state index contributed by atoms with van der Waals surface area (Å²) in [4.78, 5) is 4.92. The van der Waals surface area contributed by atoms with Crippen LogP contribution in [0.1, 0.15) is 30.5 Å². The molecule has 0 saturated carbocycles. The van der Waals surface area contributed by atoms with Gasteiger partial charge in [0.1, 0.15) is 5.75 Å². The Bertz CT molecular complexity index is 442. The molecule has 0 radical (unpaired) electrons. The van der Waals surface area contributed by atoms with Crippen molar-refractivity contribution in [3.8, 4) is 5.75 Å². The average Bonchev–Trinajstić information content (AvgIpc) is 2.45. The summed E-state index contributed by atoms with van der Waals surface area (Å²) in [6.07, 6.45) is 1.15. The molecule has 1 aromatic rings. The summed E-state index contributed by atoms with van der Waals surface area (Å²) >= 11 is 0. The van der Waals surface area contributed by atoms with Crippen LogP contribution in [0.2, 0.25) is 0 Å². The van der Waals surface area contributed by atoms with Gasteiger partial charge in [-0.1, -0.05) is 12.1 Å². The Morgan fingerprint density at radius 2 is 1.95 bits per heavy atom. The Morgan fingerprint density at radius 1 is 1.24 bits per heavy atom. The number of likely N-dealkylation sites (N-methyl/N-ethyl adjacent to an activating group) is 1. The molecule has 0 spiro atoms. The molecule has 4 heteroatoms. The quantitative estimate of drug-likeness (QED) is 0.786. The van der Waals surface area contributed by atoms with Gasteiger partial charge < -0.3 is 20.2 Å². The predicted molar refractivity (Wildman–Crippen MR) is 87.8 cm³/mol. The van der Waals surface area contributed by atoms with E-state index in [-0.39, 0.29) is 6.04 Å². The lowest BCUT2D eigenvalue weighted by Gasteiger charge is -2.32. The zero-order valence-corrected chi connectivity index (χ0v) is 13.6. The van der Waals surface area contributed by atoms with E-state index < -0.39 is 0 Å². The molecule has 0 aromatic heterocycles. The van der Waals surface area contributed by atoms with Gasteiger partial charge in [-0.05, 0) is 52.0 Å². The van der Waals surface area contributed by atoms with Crippen LogP contribution in [0, 0.1) is 6.92 Å². The van der Waals surface area contributed by atoms with Crippen LogP contribution in [0.4, 0.5) is 0 Å². The highest BCUT2D eigenvalue weighted by molar-refractivity contribution is 5.37. The van der Waals surface area contributed by atoms with Crippen molar-refractivity contribution >= 4 is 0 Å². The SMILES string of the molecule is Cc1ccc(C(C)NCCCN2CCN(C)CC2)c(O)c1. The zero-order valence-electron chi connectivity index (χ0n) is 13.6. The lowest BCUT2D eigenvalue weighted by atomic mass is 10.1. The van der Waals surface area contributed by atoms with E-state index in [0.29, 0.717) is 5.75 Å². The van der Waals surface area contributed by atoms with Crippen molar-refractivity contribution in [2.45, 2.75) is 26.3 Å². The highest BCUT2D eigenvalue weighted by Gasteiger charge is 2.13. The van der Waals surface area contributed by atoms with Crippen molar-refractivity contribution in [1.29, 1.82) is 0 Å². The van der Waals surface area contributed by atoms with Gasteiger partial charge in [0.15, 0.2) is 0 Å². The number of nitrogens with zero attached hydrogens (tertiary/aromatic N) is 2. The Labute approximate surface area is 128 Å². The third kappa shape index (κ3) is 4.99. The Balaban J connectivity index is 1.68. The van der Waals surface area contributed by atoms with Gasteiger partial charge in [0, 0.05) is 37.8 Å². The molecule has 0 bridgehead atoms. The first kappa shape index (κ1) is 16.3. The summed E-state index contributed by atoms with van der Waals surface area (Å²) < 4.78 is 0. The van der Waals surface area contributed by atoms with E-state index in [0.717, 1.165) is 30.6 Å². The Kier molecular flexibility index (Phi) is 6.03. The molecular weight excluding hydrogens is 262 g/mol. The molecule has 1 aromatic carbocycles. The summed E-state index contributed by atoms with van der Waals surface area (Å²) in [5.41, 5.74) is 2.08. The first-order valence-electron chi connectivity index (χ1n) is 8.00. The van der Waals surface area contributed by atoms with Crippen molar-refractivity contribution < 1.29 is 5.11 Å². The molecule has 2 N–H and O–H groups in total. The fourth-order valence-electron chi connectivity index (χ4n) is 2.82. The van der Waals surface area contributed by atoms with Crippen LogP contribution in [0.3, 0.4) is 0 Å². The second-order valence-electron chi connectivity index (χ2n) is 6.24. The molecule has 0 amide bonds. The largest absolute Gasteiger partial charge is 0.508 e. The molecule has 1 atom stereocenters. The minimum absolute atomic E-state index is 0.193. The smallest absolute Gasteiger partial charge is 0.120 e. The number of benzene rings is 1. The molecule has 1 fully saturated rings. The van der Waals surface area contributed by atoms with E-state index in [1.54, 1.807) is 0 Å². The van der Waals surface area contributed by atoms with Crippen LogP contribution >= 0.6 is 0 Å². The number of hydrogen-bond donors (Lipinski definition) is 2. The summed E-state index contributed by atoms with van der Waals surface area (Å²) in [5.74, 6) is 0.397. The molecule has 118 valence electrons. The van der Waals surface area contributed by atoms with E-state index in [9.17, 15) is 5.11 Å². The number of phenols is 1. The number of aryl methyl sites for hydroxylation is 1. The molecule has 1 aliphatic rings. The summed E-state index contributed by atoms with van der Waals surface area (Å²) in [6.45, 7) is 11.0. The Hall–Kier alpha value is -1.10. The second kappa shape index (κ2) is 7.78. The van der Waals surface area contributed by atoms with Crippen molar-refractivity contribution in [2.24, 2.45) is 0 Å². The van der Waals surface area contributed by atoms with Gasteiger partial charge in [-0.2, -0.15) is 0 Å². The minimum Gasteiger partial charge on any atom is -0.508 e. The summed E-state index contributed by atoms with van der Waals surface area (Å²) in [5, 5.41) is 13.5. The minimum atomic E-state index is 0.193. The maximum absolute atomic E-state index is 9.99. The van der Waals surface area contributed by atoms with Gasteiger partial charge in [0.2, 0.25) is 0 Å². The molecular formula is C17H29N3O. The molecule has 1 saturated heterocycles. The van der Waals surface area contributed by atoms with Gasteiger partial charge in [0.05, 0.1) is 0 Å². The lowest BCUT2D eigenvalue weighted by Crippen LogP contribution is -2.45. The topological polar surface area (TPSA) is 38.7 Å². The number of piperazine rings is 1. The third-order valence-corrected chi connectivity index (χ3v) is 4.35. The second-order valence-corrected chi connectivity index (χ2v) is 6.24. The summed E-state index contributed by atoms with van der Waals surface area (Å²) in [7, 11) is 2.19. The van der Waals surface area contributed by atoms with Gasteiger partial charge in [-0.25, -0.2) is 0 Å².